The molecule has 2 aromatic rings. The lowest BCUT2D eigenvalue weighted by Gasteiger charge is -2.20. The maximum Gasteiger partial charge on any atom is 0.285 e. The number of hydrazone groups is 1. The zero-order valence-electron chi connectivity index (χ0n) is 15.8. The number of anilines is 1. The second-order valence-electron chi connectivity index (χ2n) is 6.52. The third-order valence-corrected chi connectivity index (χ3v) is 4.58. The lowest BCUT2D eigenvalue weighted by molar-refractivity contribution is -0.118. The standard InChI is InChI=1S/C21H22N4O3/c1-3-15-9-11-16(12-10-15)20(27)22-23-21(28)18-13-19(14(2)26)25(24-18)17-7-5-4-6-8-17/h4-12,19H,3,13H2,1-2H3,(H,22,27)(H,23,28). The van der Waals surface area contributed by atoms with Crippen LogP contribution < -0.4 is 15.9 Å². The van der Waals surface area contributed by atoms with E-state index in [1.165, 1.54) is 6.92 Å². The number of hydrogen-bond acceptors (Lipinski definition) is 5. The van der Waals surface area contributed by atoms with Crippen LogP contribution in [0.4, 0.5) is 5.69 Å². The number of hydrazine groups is 1. The summed E-state index contributed by atoms with van der Waals surface area (Å²) in [5.41, 5.74) is 7.24. The van der Waals surface area contributed by atoms with E-state index >= 15 is 0 Å². The summed E-state index contributed by atoms with van der Waals surface area (Å²) < 4.78 is 0. The molecule has 0 aromatic heterocycles. The summed E-state index contributed by atoms with van der Waals surface area (Å²) >= 11 is 0. The summed E-state index contributed by atoms with van der Waals surface area (Å²) in [5.74, 6) is -1.05. The van der Waals surface area contributed by atoms with E-state index in [0.29, 0.717) is 5.56 Å². The Hall–Kier alpha value is -3.48. The molecule has 1 unspecified atom stereocenters. The average Bonchev–Trinajstić information content (AvgIpc) is 3.18. The summed E-state index contributed by atoms with van der Waals surface area (Å²) in [6.07, 6.45) is 1.06. The lowest BCUT2D eigenvalue weighted by atomic mass is 10.1. The fourth-order valence-corrected chi connectivity index (χ4v) is 2.93. The molecule has 28 heavy (non-hydrogen) atoms. The van der Waals surface area contributed by atoms with E-state index in [4.69, 9.17) is 0 Å². The van der Waals surface area contributed by atoms with Crippen molar-refractivity contribution in [2.24, 2.45) is 5.10 Å². The minimum absolute atomic E-state index is 0.0875. The highest BCUT2D eigenvalue weighted by Gasteiger charge is 2.34. The Morgan fingerprint density at radius 3 is 2.25 bits per heavy atom. The van der Waals surface area contributed by atoms with Gasteiger partial charge in [-0.15, -0.1) is 0 Å². The minimum Gasteiger partial charge on any atom is -0.298 e. The number of Topliss-reactive ketones (excluding diaryl/α,β-unsaturated/α-hetero) is 1. The van der Waals surface area contributed by atoms with Gasteiger partial charge in [0.1, 0.15) is 11.8 Å². The van der Waals surface area contributed by atoms with E-state index in [1.807, 2.05) is 49.4 Å². The molecule has 7 nitrogen and oxygen atoms in total. The molecule has 0 radical (unpaired) electrons. The number of hydrogen-bond donors (Lipinski definition) is 2. The highest BCUT2D eigenvalue weighted by atomic mass is 16.2. The molecular weight excluding hydrogens is 356 g/mol. The molecule has 0 bridgehead atoms. The van der Waals surface area contributed by atoms with Crippen molar-refractivity contribution in [1.29, 1.82) is 0 Å². The number of ketones is 1. The first-order valence-electron chi connectivity index (χ1n) is 9.11. The van der Waals surface area contributed by atoms with E-state index in [9.17, 15) is 14.4 Å². The molecule has 0 aliphatic carbocycles. The third-order valence-electron chi connectivity index (χ3n) is 4.58. The number of amides is 2. The summed E-state index contributed by atoms with van der Waals surface area (Å²) in [4.78, 5) is 36.6. The SMILES string of the molecule is CCc1ccc(C(=O)NNC(=O)C2=NN(c3ccccc3)C(C(C)=O)C2)cc1. The van der Waals surface area contributed by atoms with Crippen LogP contribution in [0.5, 0.6) is 0 Å². The third kappa shape index (κ3) is 4.25. The van der Waals surface area contributed by atoms with Gasteiger partial charge in [0.05, 0.1) is 5.69 Å². The van der Waals surface area contributed by atoms with E-state index in [1.54, 1.807) is 17.1 Å². The van der Waals surface area contributed by atoms with Crippen molar-refractivity contribution in [3.63, 3.8) is 0 Å². The summed E-state index contributed by atoms with van der Waals surface area (Å²) in [6, 6.07) is 15.8. The predicted octanol–water partition coefficient (Wildman–Crippen LogP) is 2.23. The second-order valence-corrected chi connectivity index (χ2v) is 6.52. The Labute approximate surface area is 163 Å². The van der Waals surface area contributed by atoms with Gasteiger partial charge in [-0.2, -0.15) is 5.10 Å². The molecule has 1 aliphatic rings. The molecular formula is C21H22N4O3. The molecule has 3 rings (SSSR count). The van der Waals surface area contributed by atoms with Crippen LogP contribution >= 0.6 is 0 Å². The molecule has 2 amide bonds. The number of aryl methyl sites for hydroxylation is 1. The van der Waals surface area contributed by atoms with Gasteiger partial charge in [0, 0.05) is 12.0 Å². The number of benzene rings is 2. The Bertz CT molecular complexity index is 907. The second kappa shape index (κ2) is 8.47. The molecule has 0 saturated carbocycles. The minimum atomic E-state index is -0.541. The van der Waals surface area contributed by atoms with Gasteiger partial charge in [0.15, 0.2) is 5.78 Å². The molecule has 1 aliphatic heterocycles. The molecule has 0 fully saturated rings. The molecule has 0 spiro atoms. The first kappa shape index (κ1) is 19.3. The van der Waals surface area contributed by atoms with E-state index in [2.05, 4.69) is 16.0 Å². The van der Waals surface area contributed by atoms with Crippen molar-refractivity contribution >= 4 is 29.0 Å². The van der Waals surface area contributed by atoms with Crippen LogP contribution in [0.25, 0.3) is 0 Å². The van der Waals surface area contributed by atoms with Crippen LogP contribution in [0, 0.1) is 0 Å². The lowest BCUT2D eigenvalue weighted by Crippen LogP contribution is -2.45. The van der Waals surface area contributed by atoms with Gasteiger partial charge >= 0.3 is 0 Å². The van der Waals surface area contributed by atoms with Crippen molar-refractivity contribution < 1.29 is 14.4 Å². The Morgan fingerprint density at radius 2 is 1.64 bits per heavy atom. The van der Waals surface area contributed by atoms with Crippen LogP contribution in [0.1, 0.15) is 36.2 Å². The van der Waals surface area contributed by atoms with E-state index in [0.717, 1.165) is 17.7 Å². The van der Waals surface area contributed by atoms with Gasteiger partial charge in [0.2, 0.25) is 0 Å². The quantitative estimate of drug-likeness (QED) is 0.781. The van der Waals surface area contributed by atoms with Gasteiger partial charge in [-0.1, -0.05) is 37.3 Å². The van der Waals surface area contributed by atoms with Gasteiger partial charge in [0.25, 0.3) is 11.8 Å². The average molecular weight is 378 g/mol. The van der Waals surface area contributed by atoms with Gasteiger partial charge in [-0.3, -0.25) is 30.2 Å². The summed E-state index contributed by atoms with van der Waals surface area (Å²) in [7, 11) is 0. The number of carbonyl (C=O) groups excluding carboxylic acids is 3. The van der Waals surface area contributed by atoms with E-state index in [-0.39, 0.29) is 17.9 Å². The Morgan fingerprint density at radius 1 is 1.00 bits per heavy atom. The molecule has 0 saturated heterocycles. The zero-order valence-corrected chi connectivity index (χ0v) is 15.8. The molecule has 2 N–H and O–H groups in total. The van der Waals surface area contributed by atoms with Crippen LogP contribution in [-0.2, 0) is 16.0 Å². The summed E-state index contributed by atoms with van der Waals surface area (Å²) in [5, 5.41) is 5.84. The zero-order chi connectivity index (χ0) is 20.1. The number of nitrogens with zero attached hydrogens (tertiary/aromatic N) is 2. The predicted molar refractivity (Wildman–Crippen MR) is 107 cm³/mol. The molecule has 2 aromatic carbocycles. The monoisotopic (exact) mass is 378 g/mol. The maximum atomic E-state index is 12.4. The fraction of sp³-hybridized carbons (Fsp3) is 0.238. The fourth-order valence-electron chi connectivity index (χ4n) is 2.93. The molecule has 1 heterocycles. The van der Waals surface area contributed by atoms with Crippen molar-refractivity contribution in [3.05, 3.63) is 65.7 Å². The smallest absolute Gasteiger partial charge is 0.285 e. The molecule has 7 heteroatoms. The summed E-state index contributed by atoms with van der Waals surface area (Å²) in [6.45, 7) is 3.50. The normalized spacial score (nSPS) is 15.7. The number of rotatable bonds is 5. The molecule has 144 valence electrons. The van der Waals surface area contributed by atoms with Crippen LogP contribution in [0.3, 0.4) is 0 Å². The van der Waals surface area contributed by atoms with E-state index < -0.39 is 17.9 Å². The maximum absolute atomic E-state index is 12.4. The number of carbonyl (C=O) groups is 3. The number of nitrogens with one attached hydrogen (secondary N) is 2. The van der Waals surface area contributed by atoms with Crippen molar-refractivity contribution in [2.75, 3.05) is 5.01 Å². The van der Waals surface area contributed by atoms with Gasteiger partial charge in [-0.25, -0.2) is 0 Å². The first-order valence-corrected chi connectivity index (χ1v) is 9.11. The Kier molecular flexibility index (Phi) is 5.84. The largest absolute Gasteiger partial charge is 0.298 e. The highest BCUT2D eigenvalue weighted by molar-refractivity contribution is 6.40. The Balaban J connectivity index is 1.66. The topological polar surface area (TPSA) is 90.9 Å². The van der Waals surface area contributed by atoms with Crippen molar-refractivity contribution in [3.8, 4) is 0 Å². The first-order chi connectivity index (χ1) is 13.5. The van der Waals surface area contributed by atoms with Crippen molar-refractivity contribution in [2.45, 2.75) is 32.7 Å². The highest BCUT2D eigenvalue weighted by Crippen LogP contribution is 2.24. The number of para-hydroxylation sites is 1. The van der Waals surface area contributed by atoms with Gasteiger partial charge in [-0.05, 0) is 43.2 Å². The van der Waals surface area contributed by atoms with Crippen molar-refractivity contribution in [1.82, 2.24) is 10.9 Å². The van der Waals surface area contributed by atoms with Gasteiger partial charge < -0.3 is 0 Å². The van der Waals surface area contributed by atoms with Crippen LogP contribution in [0.2, 0.25) is 0 Å². The van der Waals surface area contributed by atoms with Crippen LogP contribution in [0.15, 0.2) is 59.7 Å². The van der Waals surface area contributed by atoms with Crippen LogP contribution in [-0.4, -0.2) is 29.4 Å². The molecule has 1 atom stereocenters.